The van der Waals surface area contributed by atoms with Crippen LogP contribution in [0.25, 0.3) is 27.6 Å². The largest absolute Gasteiger partial charge is 0.459 e. The zero-order valence-corrected chi connectivity index (χ0v) is 50.6. The van der Waals surface area contributed by atoms with Crippen LogP contribution in [0.1, 0.15) is 119 Å². The molecule has 0 spiro atoms. The molecule has 444 valence electrons. The van der Waals surface area contributed by atoms with Gasteiger partial charge in [-0.2, -0.15) is 0 Å². The first-order chi connectivity index (χ1) is 37.8. The Morgan fingerprint density at radius 1 is 0.875 bits per heavy atom. The Morgan fingerprint density at radius 3 is 2.23 bits per heavy atom. The SMILES string of the molecule is CC[C@H]1OC(=O)[C@H](C)[C@@H](O[C@@H]2C[C@@](C)(OC)[C@@H](O)[C@@H](C)O2)[C@H](C)[C@@H](O[C@@H]2O[C@H](C)C[C@H](N(C)C)[C@H]2O)[C@](C)(O)C[C@@H](C)/C(=N\OCCCCCNC(=O)/C=C/c2cc3c(s2)-c2ccccc2Sc2ccccc2-3)[C@H](C)C(O)[C@]1(C)O. The normalized spacial score (nSPS) is 36.8. The number of likely N-dealkylation sites (N-methyl/N-ethyl adjacent to an activating group) is 1. The first-order valence-electron chi connectivity index (χ1n) is 28.5. The standard InChI is InChI=1S/C61H89N3O14S2/c1-14-47-61(10,71)54(67)36(4)50(63-73-29-21-15-20-28-62-48(65)27-26-40-31-43-41-22-16-18-24-45(41)80-46-25-19-17-23-42(46)53(43)79-40)34(2)32-59(8,70)56(78-58-51(66)44(64(11)12)30-35(3)74-58)37(5)52(38(6)57(69)76-47)77-49-33-60(9,72-13)55(68)39(7)75-49/h16-19,22-27,31,34-39,44,47,49,51-52,54-56,58,66-68,70-71H,14-15,20-21,28-30,32-33H2,1-13H3,(H,62,65)/b27-26+,63-50+/t34-,35-,36+,37+,38-,39-,44+,47-,49-,51-,52+,54?,55+,56-,58+,59-,60-,61-/m1/s1. The number of thiophene rings is 1. The predicted molar refractivity (Wildman–Crippen MR) is 310 cm³/mol. The van der Waals surface area contributed by atoms with E-state index in [4.69, 9.17) is 33.3 Å². The number of carbonyl (C=O) groups excluding carboxylic acids is 2. The van der Waals surface area contributed by atoms with Gasteiger partial charge in [0.2, 0.25) is 5.91 Å². The average Bonchev–Trinajstić information content (AvgIpc) is 3.80. The summed E-state index contributed by atoms with van der Waals surface area (Å²) < 4.78 is 38.1. The number of benzene rings is 2. The quantitative estimate of drug-likeness (QED) is 0.0268. The number of hydrogen-bond donors (Lipinski definition) is 6. The Balaban J connectivity index is 1.07. The molecule has 1 aromatic heterocycles. The third kappa shape index (κ3) is 14.6. The van der Waals surface area contributed by atoms with Crippen LogP contribution in [0.3, 0.4) is 0 Å². The third-order valence-corrected chi connectivity index (χ3v) is 19.2. The topological polar surface area (TPSA) is 228 Å². The smallest absolute Gasteiger partial charge is 0.311 e. The number of nitrogens with zero attached hydrogens (tertiary/aromatic N) is 2. The lowest BCUT2D eigenvalue weighted by Crippen LogP contribution is -2.61. The molecule has 4 aliphatic rings. The van der Waals surface area contributed by atoms with Crippen molar-refractivity contribution in [1.82, 2.24) is 10.2 Å². The fraction of sp³-hybridized carbons (Fsp3) is 0.656. The van der Waals surface area contributed by atoms with Crippen molar-refractivity contribution in [3.05, 3.63) is 65.6 Å². The Kier molecular flexibility index (Phi) is 21.7. The van der Waals surface area contributed by atoms with Gasteiger partial charge >= 0.3 is 5.97 Å². The number of oxime groups is 1. The first-order valence-corrected chi connectivity index (χ1v) is 30.1. The molecule has 7 rings (SSSR count). The number of carbonyl (C=O) groups is 2. The number of fused-ring (bicyclic) bond motifs is 5. The summed E-state index contributed by atoms with van der Waals surface area (Å²) in [5, 5.41) is 67.9. The highest BCUT2D eigenvalue weighted by molar-refractivity contribution is 7.99. The molecule has 4 aliphatic heterocycles. The summed E-state index contributed by atoms with van der Waals surface area (Å²) in [5.74, 6) is -4.38. The van der Waals surface area contributed by atoms with Crippen LogP contribution in [-0.4, -0.2) is 167 Å². The number of ether oxygens (including phenoxy) is 6. The molecule has 80 heavy (non-hydrogen) atoms. The number of unbranched alkanes of at least 4 members (excludes halogenated alkanes) is 2. The van der Waals surface area contributed by atoms with Crippen LogP contribution >= 0.6 is 23.1 Å². The van der Waals surface area contributed by atoms with Gasteiger partial charge in [0.15, 0.2) is 12.6 Å². The van der Waals surface area contributed by atoms with Crippen molar-refractivity contribution in [1.29, 1.82) is 0 Å². The monoisotopic (exact) mass is 1150 g/mol. The molecule has 19 heteroatoms. The number of methoxy groups -OCH3 is 1. The maximum Gasteiger partial charge on any atom is 0.311 e. The van der Waals surface area contributed by atoms with Crippen LogP contribution in [-0.2, 0) is 42.8 Å². The lowest BCUT2D eigenvalue weighted by Gasteiger charge is -2.49. The lowest BCUT2D eigenvalue weighted by molar-refractivity contribution is -0.317. The molecule has 0 bridgehead atoms. The van der Waals surface area contributed by atoms with Crippen molar-refractivity contribution in [3.8, 4) is 21.6 Å². The number of aliphatic hydroxyl groups is 5. The fourth-order valence-electron chi connectivity index (χ4n) is 12.1. The van der Waals surface area contributed by atoms with Crippen LogP contribution in [0, 0.1) is 23.7 Å². The highest BCUT2D eigenvalue weighted by atomic mass is 32.2. The minimum Gasteiger partial charge on any atom is -0.459 e. The summed E-state index contributed by atoms with van der Waals surface area (Å²) in [7, 11) is 5.23. The summed E-state index contributed by atoms with van der Waals surface area (Å²) in [6, 6.07) is 18.6. The Bertz CT molecular complexity index is 2550. The van der Waals surface area contributed by atoms with Crippen molar-refractivity contribution in [3.63, 3.8) is 0 Å². The molecule has 17 nitrogen and oxygen atoms in total. The van der Waals surface area contributed by atoms with E-state index in [0.29, 0.717) is 37.9 Å². The van der Waals surface area contributed by atoms with Gasteiger partial charge in [0.05, 0.1) is 53.4 Å². The number of aliphatic hydroxyl groups excluding tert-OH is 3. The van der Waals surface area contributed by atoms with Gasteiger partial charge in [0, 0.05) is 80.6 Å². The summed E-state index contributed by atoms with van der Waals surface area (Å²) >= 11 is 3.44. The second-order valence-corrected chi connectivity index (χ2v) is 25.8. The van der Waals surface area contributed by atoms with Gasteiger partial charge in [-0.3, -0.25) is 9.59 Å². The molecular weight excluding hydrogens is 1060 g/mol. The van der Waals surface area contributed by atoms with E-state index in [9.17, 15) is 35.1 Å². The van der Waals surface area contributed by atoms with Crippen molar-refractivity contribution >= 4 is 46.8 Å². The van der Waals surface area contributed by atoms with E-state index in [-0.39, 0.29) is 43.9 Å². The molecule has 3 fully saturated rings. The van der Waals surface area contributed by atoms with E-state index in [0.717, 1.165) is 10.4 Å². The number of nitrogens with one attached hydrogen (secondary N) is 1. The summed E-state index contributed by atoms with van der Waals surface area (Å²) in [4.78, 5) is 40.1. The minimum absolute atomic E-state index is 0.0312. The Labute approximate surface area is 481 Å². The van der Waals surface area contributed by atoms with Gasteiger partial charge in [-0.25, -0.2) is 0 Å². The van der Waals surface area contributed by atoms with E-state index in [1.54, 1.807) is 77.6 Å². The molecule has 0 aliphatic carbocycles. The van der Waals surface area contributed by atoms with Crippen molar-refractivity contribution < 1.29 is 68.4 Å². The molecule has 3 saturated heterocycles. The zero-order valence-electron chi connectivity index (χ0n) is 49.0. The molecular formula is C61H89N3O14S2. The molecule has 6 N–H and O–H groups in total. The number of rotatable bonds is 16. The zero-order chi connectivity index (χ0) is 58.4. The van der Waals surface area contributed by atoms with E-state index in [1.165, 1.54) is 39.8 Å². The Morgan fingerprint density at radius 2 is 1.55 bits per heavy atom. The molecule has 1 amide bonds. The number of cyclic esters (lactones) is 1. The van der Waals surface area contributed by atoms with E-state index >= 15 is 0 Å². The average molecular weight is 1150 g/mol. The molecule has 5 heterocycles. The van der Waals surface area contributed by atoms with Crippen LogP contribution in [0.5, 0.6) is 0 Å². The number of hydrogen-bond acceptors (Lipinski definition) is 18. The molecule has 18 atom stereocenters. The molecule has 0 saturated carbocycles. The van der Waals surface area contributed by atoms with E-state index in [1.807, 2.05) is 38.9 Å². The van der Waals surface area contributed by atoms with Crippen LogP contribution in [0.4, 0.5) is 0 Å². The van der Waals surface area contributed by atoms with Crippen molar-refractivity contribution in [2.45, 2.75) is 208 Å². The van der Waals surface area contributed by atoms with E-state index < -0.39 is 102 Å². The van der Waals surface area contributed by atoms with Crippen molar-refractivity contribution in [2.75, 3.05) is 34.4 Å². The molecule has 1 unspecified atom stereocenters. The predicted octanol–water partition coefficient (Wildman–Crippen LogP) is 8.45. The molecule has 2 aromatic carbocycles. The second-order valence-electron chi connectivity index (χ2n) is 23.6. The second kappa shape index (κ2) is 27.3. The van der Waals surface area contributed by atoms with Gasteiger partial charge in [-0.15, -0.1) is 11.3 Å². The van der Waals surface area contributed by atoms with Gasteiger partial charge in [0.25, 0.3) is 0 Å². The maximum absolute atomic E-state index is 14.6. The lowest BCUT2D eigenvalue weighted by atomic mass is 9.73. The minimum atomic E-state index is -1.99. The summed E-state index contributed by atoms with van der Waals surface area (Å²) in [5.41, 5.74) is -0.988. The Hall–Kier alpha value is -3.80. The molecule has 0 radical (unpaired) electrons. The van der Waals surface area contributed by atoms with Crippen LogP contribution in [0.2, 0.25) is 0 Å². The van der Waals surface area contributed by atoms with Crippen LogP contribution in [0.15, 0.2) is 75.6 Å². The van der Waals surface area contributed by atoms with Crippen LogP contribution < -0.4 is 5.32 Å². The van der Waals surface area contributed by atoms with Gasteiger partial charge in [-0.1, -0.05) is 81.0 Å². The van der Waals surface area contributed by atoms with E-state index in [2.05, 4.69) is 65.1 Å². The summed E-state index contributed by atoms with van der Waals surface area (Å²) in [6.07, 6.45) is -4.27. The van der Waals surface area contributed by atoms with Crippen molar-refractivity contribution in [2.24, 2.45) is 28.8 Å². The number of esters is 1. The highest BCUT2D eigenvalue weighted by Crippen LogP contribution is 2.51. The first kappa shape index (κ1) is 63.8. The number of amides is 1. The van der Waals surface area contributed by atoms with Gasteiger partial charge in [-0.05, 0) is 124 Å². The van der Waals surface area contributed by atoms with Gasteiger partial charge in [0.1, 0.15) is 30.5 Å². The van der Waals surface area contributed by atoms with Gasteiger partial charge < -0.3 is 69.0 Å². The maximum atomic E-state index is 14.6. The third-order valence-electron chi connectivity index (χ3n) is 16.9. The summed E-state index contributed by atoms with van der Waals surface area (Å²) in [6.45, 7) is 17.8. The highest BCUT2D eigenvalue weighted by Gasteiger charge is 2.53. The molecule has 3 aromatic rings. The fourth-order valence-corrected chi connectivity index (χ4v) is 14.4.